The number of halogens is 1. The zero-order valence-corrected chi connectivity index (χ0v) is 12.5. The Kier molecular flexibility index (Phi) is 4.18. The molecule has 0 bridgehead atoms. The van der Waals surface area contributed by atoms with E-state index < -0.39 is 11.1 Å². The average molecular weight is 315 g/mol. The maximum absolute atomic E-state index is 13.0. The molecule has 5 heteroatoms. The van der Waals surface area contributed by atoms with Gasteiger partial charge in [-0.3, -0.25) is 0 Å². The number of benzene rings is 2. The fraction of sp³-hybridized carbons (Fsp3) is 0.0588. The second kappa shape index (κ2) is 6.25. The van der Waals surface area contributed by atoms with Crippen LogP contribution in [0.25, 0.3) is 16.9 Å². The van der Waals surface area contributed by atoms with Crippen LogP contribution in [-0.4, -0.2) is 13.3 Å². The molecule has 1 N–H and O–H groups in total. The molecule has 0 fully saturated rings. The molecule has 3 nitrogen and oxygen atoms in total. The predicted octanol–water partition coefficient (Wildman–Crippen LogP) is 4.01. The van der Waals surface area contributed by atoms with E-state index in [1.165, 1.54) is 12.1 Å². The molecule has 1 atom stereocenters. The van der Waals surface area contributed by atoms with Gasteiger partial charge in [0.2, 0.25) is 0 Å². The Bertz CT molecular complexity index is 794. The Labute approximate surface area is 130 Å². The van der Waals surface area contributed by atoms with Gasteiger partial charge in [0.1, 0.15) is 5.82 Å². The first-order chi connectivity index (χ1) is 10.6. The van der Waals surface area contributed by atoms with Crippen LogP contribution in [0.5, 0.6) is 0 Å². The lowest BCUT2D eigenvalue weighted by Crippen LogP contribution is -1.96. The van der Waals surface area contributed by atoms with E-state index in [4.69, 9.17) is 4.55 Å². The Morgan fingerprint density at radius 3 is 2.32 bits per heavy atom. The summed E-state index contributed by atoms with van der Waals surface area (Å²) in [6.45, 7) is 0. The highest BCUT2D eigenvalue weighted by molar-refractivity contribution is 7.78. The zero-order valence-electron chi connectivity index (χ0n) is 11.6. The summed E-state index contributed by atoms with van der Waals surface area (Å²) in [5.41, 5.74) is 3.65. The minimum atomic E-state index is -1.84. The second-order valence-corrected chi connectivity index (χ2v) is 5.83. The normalized spacial score (nSPS) is 12.3. The third kappa shape index (κ3) is 3.16. The molecule has 0 saturated heterocycles. The van der Waals surface area contributed by atoms with Crippen LogP contribution >= 0.6 is 0 Å². The number of rotatable bonds is 4. The first kappa shape index (κ1) is 14.7. The fourth-order valence-corrected chi connectivity index (χ4v) is 2.83. The van der Waals surface area contributed by atoms with Crippen molar-refractivity contribution in [2.24, 2.45) is 0 Å². The van der Waals surface area contributed by atoms with Gasteiger partial charge in [-0.25, -0.2) is 8.60 Å². The Morgan fingerprint density at radius 1 is 1.00 bits per heavy atom. The SMILES string of the molecule is O=S(O)Cc1ccc(-c2cccn2-c2ccc(F)cc2)cc1. The average Bonchev–Trinajstić information content (AvgIpc) is 2.97. The summed E-state index contributed by atoms with van der Waals surface area (Å²) in [6, 6.07) is 17.7. The third-order valence-corrected chi connectivity index (χ3v) is 3.97. The molecule has 3 aromatic rings. The molecular formula is C17H14FNO2S. The van der Waals surface area contributed by atoms with Gasteiger partial charge >= 0.3 is 0 Å². The van der Waals surface area contributed by atoms with Crippen molar-refractivity contribution in [3.05, 3.63) is 78.2 Å². The molecule has 0 aliphatic heterocycles. The summed E-state index contributed by atoms with van der Waals surface area (Å²) in [5, 5.41) is 0. The van der Waals surface area contributed by atoms with E-state index in [0.29, 0.717) is 0 Å². The number of aromatic nitrogens is 1. The molecule has 0 spiro atoms. The monoisotopic (exact) mass is 315 g/mol. The second-order valence-electron chi connectivity index (χ2n) is 4.90. The third-order valence-electron chi connectivity index (χ3n) is 3.39. The Morgan fingerprint density at radius 2 is 1.68 bits per heavy atom. The summed E-state index contributed by atoms with van der Waals surface area (Å²) in [7, 11) is 0. The lowest BCUT2D eigenvalue weighted by Gasteiger charge is -2.10. The summed E-state index contributed by atoms with van der Waals surface area (Å²) in [4.78, 5) is 0. The van der Waals surface area contributed by atoms with Gasteiger partial charge in [-0.2, -0.15) is 0 Å². The topological polar surface area (TPSA) is 42.2 Å². The minimum Gasteiger partial charge on any atom is -0.317 e. The summed E-state index contributed by atoms with van der Waals surface area (Å²) < 4.78 is 34.8. The molecule has 2 aromatic carbocycles. The van der Waals surface area contributed by atoms with Gasteiger partial charge in [0.15, 0.2) is 11.1 Å². The highest BCUT2D eigenvalue weighted by Crippen LogP contribution is 2.24. The minimum absolute atomic E-state index is 0.124. The number of nitrogens with zero attached hydrogens (tertiary/aromatic N) is 1. The summed E-state index contributed by atoms with van der Waals surface area (Å²) in [5.74, 6) is -0.141. The van der Waals surface area contributed by atoms with E-state index in [0.717, 1.165) is 22.5 Å². The van der Waals surface area contributed by atoms with Crippen LogP contribution in [0, 0.1) is 5.82 Å². The van der Waals surface area contributed by atoms with Gasteiger partial charge in [0.25, 0.3) is 0 Å². The van der Waals surface area contributed by atoms with Gasteiger partial charge in [-0.05, 0) is 47.5 Å². The molecule has 1 unspecified atom stereocenters. The van der Waals surface area contributed by atoms with Crippen molar-refractivity contribution in [3.63, 3.8) is 0 Å². The molecule has 0 radical (unpaired) electrons. The van der Waals surface area contributed by atoms with Crippen LogP contribution < -0.4 is 0 Å². The maximum Gasteiger partial charge on any atom is 0.157 e. The number of hydrogen-bond donors (Lipinski definition) is 1. The van der Waals surface area contributed by atoms with Crippen LogP contribution in [0.1, 0.15) is 5.56 Å². The Hall–Kier alpha value is -2.24. The maximum atomic E-state index is 13.0. The van der Waals surface area contributed by atoms with Gasteiger partial charge in [0.05, 0.1) is 11.4 Å². The first-order valence-corrected chi connectivity index (χ1v) is 8.01. The summed E-state index contributed by atoms with van der Waals surface area (Å²) in [6.07, 6.45) is 1.92. The van der Waals surface area contributed by atoms with Crippen LogP contribution in [0.15, 0.2) is 66.9 Å². The smallest absolute Gasteiger partial charge is 0.157 e. The molecular weight excluding hydrogens is 301 g/mol. The van der Waals surface area contributed by atoms with E-state index in [9.17, 15) is 8.60 Å². The largest absolute Gasteiger partial charge is 0.317 e. The van der Waals surface area contributed by atoms with Gasteiger partial charge < -0.3 is 9.12 Å². The standard InChI is InChI=1S/C17H14FNO2S/c18-15-7-9-16(10-8-15)19-11-1-2-17(19)14-5-3-13(4-6-14)12-22(20)21/h1-11H,12H2,(H,20,21). The fourth-order valence-electron chi connectivity index (χ4n) is 2.36. The van der Waals surface area contributed by atoms with Crippen molar-refractivity contribution in [2.45, 2.75) is 5.75 Å². The molecule has 0 aliphatic rings. The van der Waals surface area contributed by atoms with Crippen LogP contribution in [-0.2, 0) is 16.8 Å². The van der Waals surface area contributed by atoms with E-state index in [1.807, 2.05) is 47.2 Å². The van der Waals surface area contributed by atoms with E-state index in [2.05, 4.69) is 0 Å². The van der Waals surface area contributed by atoms with Crippen molar-refractivity contribution in [1.82, 2.24) is 4.57 Å². The van der Waals surface area contributed by atoms with Crippen LogP contribution in [0.4, 0.5) is 4.39 Å². The van der Waals surface area contributed by atoms with Crippen molar-refractivity contribution < 1.29 is 13.2 Å². The van der Waals surface area contributed by atoms with Crippen molar-refractivity contribution >= 4 is 11.1 Å². The predicted molar refractivity (Wildman–Crippen MR) is 85.6 cm³/mol. The van der Waals surface area contributed by atoms with E-state index in [-0.39, 0.29) is 11.6 Å². The quantitative estimate of drug-likeness (QED) is 0.739. The van der Waals surface area contributed by atoms with Gasteiger partial charge in [0, 0.05) is 11.9 Å². The lowest BCUT2D eigenvalue weighted by atomic mass is 10.1. The molecule has 0 saturated carbocycles. The molecule has 0 amide bonds. The van der Waals surface area contributed by atoms with Crippen molar-refractivity contribution in [3.8, 4) is 16.9 Å². The number of hydrogen-bond acceptors (Lipinski definition) is 1. The highest BCUT2D eigenvalue weighted by Gasteiger charge is 2.07. The van der Waals surface area contributed by atoms with Crippen LogP contribution in [0.2, 0.25) is 0 Å². The van der Waals surface area contributed by atoms with Gasteiger partial charge in [-0.1, -0.05) is 24.3 Å². The molecule has 3 rings (SSSR count). The summed E-state index contributed by atoms with van der Waals surface area (Å²) >= 11 is -1.84. The van der Waals surface area contributed by atoms with Crippen molar-refractivity contribution in [1.29, 1.82) is 0 Å². The Balaban J connectivity index is 1.94. The van der Waals surface area contributed by atoms with Crippen molar-refractivity contribution in [2.75, 3.05) is 0 Å². The molecule has 1 heterocycles. The molecule has 112 valence electrons. The van der Waals surface area contributed by atoms with Gasteiger partial charge in [-0.15, -0.1) is 0 Å². The van der Waals surface area contributed by atoms with Crippen LogP contribution in [0.3, 0.4) is 0 Å². The zero-order chi connectivity index (χ0) is 15.5. The van der Waals surface area contributed by atoms with E-state index in [1.54, 1.807) is 12.1 Å². The lowest BCUT2D eigenvalue weighted by molar-refractivity contribution is 0.563. The van der Waals surface area contributed by atoms with E-state index >= 15 is 0 Å². The first-order valence-electron chi connectivity index (χ1n) is 6.73. The molecule has 1 aromatic heterocycles. The molecule has 22 heavy (non-hydrogen) atoms. The highest BCUT2D eigenvalue weighted by atomic mass is 32.2. The molecule has 0 aliphatic carbocycles.